The van der Waals surface area contributed by atoms with Crippen molar-refractivity contribution >= 4 is 5.97 Å². The summed E-state index contributed by atoms with van der Waals surface area (Å²) in [5, 5.41) is 0.333. The maximum Gasteiger partial charge on any atom is -1.00 e. The van der Waals surface area contributed by atoms with Gasteiger partial charge in [-0.25, -0.2) is 0 Å². The van der Waals surface area contributed by atoms with E-state index in [1.807, 2.05) is 0 Å². The summed E-state index contributed by atoms with van der Waals surface area (Å²) in [4.78, 5) is 11.1. The molecule has 1 rings (SSSR count). The number of benzene rings is 1. The summed E-state index contributed by atoms with van der Waals surface area (Å²) in [5.74, 6) is -0.622. The molecule has 0 aliphatic heterocycles. The first-order valence-electron chi connectivity index (χ1n) is 4.48. The summed E-state index contributed by atoms with van der Waals surface area (Å²) in [7, 11) is 1.19. The standard InChI is InChI=1S/C10H8F3O2.BrH.Zn/c1-6-5-7(9(14)15-2)3-4-8(6)10(11,12)13;;/h3-5H,1H2,2H3;1H;/q;;+1/p-1. The molecule has 1 aromatic carbocycles. The minimum Gasteiger partial charge on any atom is -1.00 e. The first kappa shape index (κ1) is 16.6. The molecule has 0 heterocycles. The quantitative estimate of drug-likeness (QED) is 0.526. The van der Waals surface area contributed by atoms with E-state index >= 15 is 0 Å². The Kier molecular flexibility index (Phi) is 6.34. The van der Waals surface area contributed by atoms with Crippen molar-refractivity contribution in [3.63, 3.8) is 0 Å². The number of esters is 1. The van der Waals surface area contributed by atoms with Crippen LogP contribution in [0.5, 0.6) is 0 Å². The van der Waals surface area contributed by atoms with E-state index < -0.39 is 17.7 Å². The van der Waals surface area contributed by atoms with Gasteiger partial charge in [-0.15, -0.1) is 0 Å². The Morgan fingerprint density at radius 1 is 1.41 bits per heavy atom. The Morgan fingerprint density at radius 2 is 2.00 bits per heavy atom. The summed E-state index contributed by atoms with van der Waals surface area (Å²) >= 11 is 0.702. The number of methoxy groups -OCH3 is 1. The van der Waals surface area contributed by atoms with E-state index in [0.717, 1.165) is 12.1 Å². The summed E-state index contributed by atoms with van der Waals surface area (Å²) in [6.07, 6.45) is -4.37. The maximum atomic E-state index is 12.5. The van der Waals surface area contributed by atoms with E-state index in [-0.39, 0.29) is 28.1 Å². The van der Waals surface area contributed by atoms with E-state index in [1.54, 1.807) is 0 Å². The Labute approximate surface area is 117 Å². The van der Waals surface area contributed by atoms with Crippen LogP contribution >= 0.6 is 0 Å². The van der Waals surface area contributed by atoms with E-state index in [1.165, 1.54) is 13.2 Å². The molecule has 2 nitrogen and oxygen atoms in total. The van der Waals surface area contributed by atoms with Gasteiger partial charge in [0.2, 0.25) is 0 Å². The van der Waals surface area contributed by atoms with Crippen LogP contribution in [0.4, 0.5) is 13.2 Å². The summed E-state index contributed by atoms with van der Waals surface area (Å²) in [6.45, 7) is 0. The molecule has 0 N–H and O–H groups in total. The molecular weight excluding hydrogens is 354 g/mol. The topological polar surface area (TPSA) is 26.3 Å². The molecule has 90 valence electrons. The molecule has 7 heteroatoms. The van der Waals surface area contributed by atoms with Gasteiger partial charge < -0.3 is 17.0 Å². The van der Waals surface area contributed by atoms with Gasteiger partial charge in [-0.1, -0.05) is 0 Å². The fourth-order valence-electron chi connectivity index (χ4n) is 1.32. The summed E-state index contributed by atoms with van der Waals surface area (Å²) < 4.78 is 42.1. The monoisotopic (exact) mass is 360 g/mol. The number of rotatable bonds is 2. The fourth-order valence-corrected chi connectivity index (χ4v) is 2.19. The zero-order chi connectivity index (χ0) is 12.3. The Morgan fingerprint density at radius 3 is 2.41 bits per heavy atom. The second-order valence-electron chi connectivity index (χ2n) is 3.11. The van der Waals surface area contributed by atoms with Crippen LogP contribution in [0.25, 0.3) is 0 Å². The fraction of sp³-hybridized carbons (Fsp3) is 0.300. The minimum atomic E-state index is -4.37. The number of halogens is 4. The molecule has 0 aromatic heterocycles. The average Bonchev–Trinajstić information content (AvgIpc) is 2.25. The molecule has 0 saturated carbocycles. The van der Waals surface area contributed by atoms with Crippen LogP contribution in [0, 0.1) is 0 Å². The SMILES string of the molecule is COC(=O)c1ccc(C(F)(F)F)c([CH2][Zn+])c1.[Br-]. The van der Waals surface area contributed by atoms with Gasteiger partial charge >= 0.3 is 100 Å². The summed E-state index contributed by atoms with van der Waals surface area (Å²) in [6, 6.07) is 3.31. The zero-order valence-electron chi connectivity index (χ0n) is 8.97. The number of hydrogen-bond acceptors (Lipinski definition) is 2. The number of alkyl halides is 3. The minimum absolute atomic E-state index is 0. The van der Waals surface area contributed by atoms with Crippen LogP contribution in [-0.4, -0.2) is 13.1 Å². The summed E-state index contributed by atoms with van der Waals surface area (Å²) in [5.41, 5.74) is -0.374. The van der Waals surface area contributed by atoms with Crippen LogP contribution in [0.2, 0.25) is 0 Å². The average molecular weight is 362 g/mol. The van der Waals surface area contributed by atoms with Crippen LogP contribution in [-0.2, 0) is 34.2 Å². The van der Waals surface area contributed by atoms with Crippen molar-refractivity contribution in [2.45, 2.75) is 11.2 Å². The van der Waals surface area contributed by atoms with Crippen LogP contribution in [0.3, 0.4) is 0 Å². The molecule has 0 radical (unpaired) electrons. The van der Waals surface area contributed by atoms with Crippen molar-refractivity contribution in [2.75, 3.05) is 7.11 Å². The van der Waals surface area contributed by atoms with Gasteiger partial charge in [0.25, 0.3) is 0 Å². The van der Waals surface area contributed by atoms with Crippen molar-refractivity contribution in [2.24, 2.45) is 0 Å². The Bertz CT molecular complexity index is 407. The van der Waals surface area contributed by atoms with Crippen LogP contribution < -0.4 is 17.0 Å². The van der Waals surface area contributed by atoms with Crippen LogP contribution in [0.15, 0.2) is 18.2 Å². The third-order valence-corrected chi connectivity index (χ3v) is 3.23. The number of hydrogen-bond donors (Lipinski definition) is 0. The second-order valence-corrected chi connectivity index (χ2v) is 4.16. The third-order valence-electron chi connectivity index (χ3n) is 2.10. The van der Waals surface area contributed by atoms with Gasteiger partial charge in [-0.05, 0) is 0 Å². The molecule has 0 atom stereocenters. The predicted molar refractivity (Wildman–Crippen MR) is 46.5 cm³/mol. The Balaban J connectivity index is 0.00000256. The molecule has 0 bridgehead atoms. The first-order valence-corrected chi connectivity index (χ1v) is 6.57. The smallest absolute Gasteiger partial charge is 1.00 e. The van der Waals surface area contributed by atoms with Crippen molar-refractivity contribution in [3.05, 3.63) is 34.9 Å². The first-order chi connectivity index (χ1) is 7.40. The van der Waals surface area contributed by atoms with Gasteiger partial charge in [0, 0.05) is 0 Å². The molecule has 0 unspecified atom stereocenters. The molecule has 17 heavy (non-hydrogen) atoms. The van der Waals surface area contributed by atoms with Crippen molar-refractivity contribution in [1.29, 1.82) is 0 Å². The third kappa shape index (κ3) is 4.07. The zero-order valence-corrected chi connectivity index (χ0v) is 13.5. The molecule has 0 saturated heterocycles. The van der Waals surface area contributed by atoms with Crippen molar-refractivity contribution in [3.8, 4) is 0 Å². The van der Waals surface area contributed by atoms with E-state index in [9.17, 15) is 18.0 Å². The molecule has 0 fully saturated rings. The second kappa shape index (κ2) is 6.50. The van der Waals surface area contributed by atoms with Crippen molar-refractivity contribution in [1.82, 2.24) is 0 Å². The molecule has 1 aromatic rings. The number of carbonyl (C=O) groups excluding carboxylic acids is 1. The van der Waals surface area contributed by atoms with Crippen LogP contribution in [0.1, 0.15) is 21.5 Å². The predicted octanol–water partition coefficient (Wildman–Crippen LogP) is -0.457. The maximum absolute atomic E-state index is 12.5. The van der Waals surface area contributed by atoms with Gasteiger partial charge in [0.15, 0.2) is 0 Å². The molecule has 0 aliphatic carbocycles. The normalized spacial score (nSPS) is 10.7. The van der Waals surface area contributed by atoms with Gasteiger partial charge in [-0.3, -0.25) is 0 Å². The van der Waals surface area contributed by atoms with Crippen molar-refractivity contribution < 1.29 is 58.0 Å². The molecule has 0 spiro atoms. The van der Waals surface area contributed by atoms with E-state index in [2.05, 4.69) is 4.74 Å². The number of carbonyl (C=O) groups is 1. The van der Waals surface area contributed by atoms with E-state index in [0.29, 0.717) is 23.3 Å². The van der Waals surface area contributed by atoms with Gasteiger partial charge in [-0.2, -0.15) is 0 Å². The molecule has 0 amide bonds. The largest absolute Gasteiger partial charge is 1.00 e. The van der Waals surface area contributed by atoms with Gasteiger partial charge in [0.1, 0.15) is 0 Å². The Hall–Kier alpha value is -0.417. The molecular formula is C10H8BrF3O2Zn. The van der Waals surface area contributed by atoms with Gasteiger partial charge in [0.05, 0.1) is 0 Å². The number of ether oxygens (including phenoxy) is 1. The molecule has 0 aliphatic rings. The van der Waals surface area contributed by atoms with E-state index in [4.69, 9.17) is 0 Å².